The molecule has 244 valence electrons. The summed E-state index contributed by atoms with van der Waals surface area (Å²) in [6.07, 6.45) is 5.93. The summed E-state index contributed by atoms with van der Waals surface area (Å²) in [4.78, 5) is 56.6. The predicted molar refractivity (Wildman–Crippen MR) is 168 cm³/mol. The molecule has 1 aliphatic carbocycles. The number of piperazine rings is 1. The van der Waals surface area contributed by atoms with Crippen LogP contribution in [-0.2, 0) is 33.8 Å². The molecule has 0 spiro atoms. The Bertz CT molecular complexity index is 1380. The number of carbonyl (C=O) groups is 4. The fourth-order valence-electron chi connectivity index (χ4n) is 6.75. The first-order valence-corrected chi connectivity index (χ1v) is 16.4. The highest BCUT2D eigenvalue weighted by Crippen LogP contribution is 2.34. The third kappa shape index (κ3) is 8.15. The highest BCUT2D eigenvalue weighted by Gasteiger charge is 2.34. The van der Waals surface area contributed by atoms with Crippen LogP contribution in [0, 0.1) is 17.7 Å². The lowest BCUT2D eigenvalue weighted by Gasteiger charge is -2.34. The second-order valence-corrected chi connectivity index (χ2v) is 12.7. The molecule has 5 rings (SSSR count). The van der Waals surface area contributed by atoms with E-state index in [2.05, 4.69) is 31.0 Å². The van der Waals surface area contributed by atoms with Gasteiger partial charge in [0.15, 0.2) is 5.78 Å². The Labute approximate surface area is 264 Å². The average molecular weight is 624 g/mol. The number of hydrogen-bond donors (Lipinski definition) is 4. The molecule has 4 N–H and O–H groups in total. The van der Waals surface area contributed by atoms with E-state index in [4.69, 9.17) is 0 Å². The number of benzene rings is 1. The van der Waals surface area contributed by atoms with Crippen LogP contribution >= 0.6 is 0 Å². The van der Waals surface area contributed by atoms with E-state index in [1.807, 2.05) is 7.05 Å². The summed E-state index contributed by atoms with van der Waals surface area (Å²) < 4.78 is 15.5. The van der Waals surface area contributed by atoms with Crippen LogP contribution in [0.5, 0.6) is 0 Å². The number of carbonyl (C=O) groups excluding carboxylic acids is 4. The molecule has 3 aliphatic rings. The van der Waals surface area contributed by atoms with Crippen molar-refractivity contribution in [3.63, 3.8) is 0 Å². The number of nitrogens with zero attached hydrogens (tertiary/aromatic N) is 3. The summed E-state index contributed by atoms with van der Waals surface area (Å²) in [6, 6.07) is 3.66. The molecule has 2 aliphatic heterocycles. The molecule has 12 heteroatoms. The van der Waals surface area contributed by atoms with Gasteiger partial charge in [-0.1, -0.05) is 32.3 Å². The molecule has 3 heterocycles. The van der Waals surface area contributed by atoms with Crippen molar-refractivity contribution in [3.8, 4) is 0 Å². The van der Waals surface area contributed by atoms with Crippen LogP contribution < -0.4 is 16.0 Å². The van der Waals surface area contributed by atoms with Crippen LogP contribution in [0.2, 0.25) is 0 Å². The summed E-state index contributed by atoms with van der Waals surface area (Å²) in [5.74, 6) is -2.18. The molecule has 2 atom stereocenters. The van der Waals surface area contributed by atoms with E-state index >= 15 is 4.39 Å². The molecular weight excluding hydrogens is 577 g/mol. The molecule has 0 radical (unpaired) electrons. The van der Waals surface area contributed by atoms with Crippen LogP contribution in [0.3, 0.4) is 0 Å². The van der Waals surface area contributed by atoms with Crippen LogP contribution in [0.1, 0.15) is 79.2 Å². The molecule has 1 aromatic heterocycles. The number of H-pyrrole nitrogens is 1. The number of amides is 3. The highest BCUT2D eigenvalue weighted by molar-refractivity contribution is 6.01. The first-order valence-electron chi connectivity index (χ1n) is 16.4. The zero-order chi connectivity index (χ0) is 31.9. The van der Waals surface area contributed by atoms with Gasteiger partial charge in [0.2, 0.25) is 17.7 Å². The Morgan fingerprint density at radius 2 is 1.84 bits per heavy atom. The van der Waals surface area contributed by atoms with Crippen molar-refractivity contribution in [3.05, 3.63) is 46.5 Å². The van der Waals surface area contributed by atoms with Gasteiger partial charge in [0.25, 0.3) is 0 Å². The molecule has 0 bridgehead atoms. The number of nitrogens with one attached hydrogen (secondary N) is 4. The number of anilines is 1. The molecule has 1 saturated heterocycles. The van der Waals surface area contributed by atoms with Gasteiger partial charge in [-0.15, -0.1) is 0 Å². The fourth-order valence-corrected chi connectivity index (χ4v) is 6.75. The zero-order valence-corrected chi connectivity index (χ0v) is 26.4. The Balaban J connectivity index is 1.28. The van der Waals surface area contributed by atoms with Crippen LogP contribution in [0.4, 0.5) is 10.1 Å². The van der Waals surface area contributed by atoms with Crippen LogP contribution in [0.15, 0.2) is 18.2 Å². The van der Waals surface area contributed by atoms with Crippen molar-refractivity contribution < 1.29 is 23.6 Å². The van der Waals surface area contributed by atoms with Gasteiger partial charge in [0, 0.05) is 82.1 Å². The maximum atomic E-state index is 15.5. The van der Waals surface area contributed by atoms with Gasteiger partial charge in [0.05, 0.1) is 5.69 Å². The van der Waals surface area contributed by atoms with E-state index < -0.39 is 17.8 Å². The molecule has 1 aromatic carbocycles. The van der Waals surface area contributed by atoms with Gasteiger partial charge in [-0.2, -0.15) is 5.10 Å². The lowest BCUT2D eigenvalue weighted by molar-refractivity contribution is -0.137. The molecule has 0 unspecified atom stereocenters. The van der Waals surface area contributed by atoms with E-state index in [0.717, 1.165) is 69.4 Å². The Morgan fingerprint density at radius 3 is 2.56 bits per heavy atom. The standard InChI is InChI=1S/C33H46FN7O4/c1-3-30(43)36-28(33(45)41-15-13-40(2)14-16-41)18-21-9-10-27(25(34)17-21)37-32(44)23(22-7-5-4-6-8-22)19-29(42)31-24-20-35-12-11-26(24)38-39-31/h9-10,17,22-23,28,35H,3-8,11-16,18-20H2,1-2H3,(H,36,43)(H,37,44)(H,38,39)/t23-,28+/m0/s1. The van der Waals surface area contributed by atoms with E-state index in [-0.39, 0.29) is 54.4 Å². The molecule has 2 aromatic rings. The molecular formula is C33H46FN7O4. The van der Waals surface area contributed by atoms with Gasteiger partial charge in [-0.3, -0.25) is 24.3 Å². The number of aromatic nitrogens is 2. The summed E-state index contributed by atoms with van der Waals surface area (Å²) in [5, 5.41) is 16.1. The molecule has 1 saturated carbocycles. The van der Waals surface area contributed by atoms with E-state index in [1.54, 1.807) is 17.9 Å². The van der Waals surface area contributed by atoms with Crippen molar-refractivity contribution in [2.24, 2.45) is 11.8 Å². The van der Waals surface area contributed by atoms with Crippen molar-refractivity contribution in [2.45, 2.75) is 77.3 Å². The summed E-state index contributed by atoms with van der Waals surface area (Å²) >= 11 is 0. The second kappa shape index (κ2) is 15.1. The minimum absolute atomic E-state index is 0.0146. The Morgan fingerprint density at radius 1 is 1.09 bits per heavy atom. The maximum absolute atomic E-state index is 15.5. The smallest absolute Gasteiger partial charge is 0.245 e. The van der Waals surface area contributed by atoms with Crippen molar-refractivity contribution >= 4 is 29.2 Å². The summed E-state index contributed by atoms with van der Waals surface area (Å²) in [5.41, 5.74) is 2.77. The second-order valence-electron chi connectivity index (χ2n) is 12.7. The minimum Gasteiger partial charge on any atom is -0.344 e. The monoisotopic (exact) mass is 623 g/mol. The van der Waals surface area contributed by atoms with Gasteiger partial charge in [0.1, 0.15) is 17.6 Å². The number of fused-ring (bicyclic) bond motifs is 1. The van der Waals surface area contributed by atoms with Gasteiger partial charge in [-0.25, -0.2) is 4.39 Å². The summed E-state index contributed by atoms with van der Waals surface area (Å²) in [6.45, 7) is 5.73. The highest BCUT2D eigenvalue weighted by atomic mass is 19.1. The van der Waals surface area contributed by atoms with Crippen molar-refractivity contribution in [1.82, 2.24) is 30.6 Å². The first kappa shape index (κ1) is 32.7. The third-order valence-electron chi connectivity index (χ3n) is 9.53. The fraction of sp³-hybridized carbons (Fsp3) is 0.606. The minimum atomic E-state index is -0.814. The normalized spacial score (nSPS) is 19.0. The lowest BCUT2D eigenvalue weighted by atomic mass is 9.77. The van der Waals surface area contributed by atoms with E-state index in [9.17, 15) is 19.2 Å². The Hall–Kier alpha value is -3.64. The number of hydrogen-bond acceptors (Lipinski definition) is 7. The van der Waals surface area contributed by atoms with Gasteiger partial charge < -0.3 is 25.8 Å². The number of aromatic amines is 1. The van der Waals surface area contributed by atoms with Crippen LogP contribution in [0.25, 0.3) is 0 Å². The number of likely N-dealkylation sites (N-methyl/N-ethyl adjacent to an activating group) is 1. The van der Waals surface area contributed by atoms with Gasteiger partial charge >= 0.3 is 0 Å². The van der Waals surface area contributed by atoms with Crippen LogP contribution in [-0.4, -0.2) is 89.3 Å². The van der Waals surface area contributed by atoms with Gasteiger partial charge in [-0.05, 0) is 43.5 Å². The van der Waals surface area contributed by atoms with Crippen molar-refractivity contribution in [1.29, 1.82) is 0 Å². The lowest BCUT2D eigenvalue weighted by Crippen LogP contribution is -2.54. The zero-order valence-electron chi connectivity index (χ0n) is 26.4. The average Bonchev–Trinajstić information content (AvgIpc) is 3.49. The molecule has 2 fully saturated rings. The quantitative estimate of drug-likeness (QED) is 0.282. The molecule has 11 nitrogen and oxygen atoms in total. The molecule has 45 heavy (non-hydrogen) atoms. The largest absolute Gasteiger partial charge is 0.344 e. The summed E-state index contributed by atoms with van der Waals surface area (Å²) in [7, 11) is 2.00. The topological polar surface area (TPSA) is 140 Å². The van der Waals surface area contributed by atoms with E-state index in [1.165, 1.54) is 12.1 Å². The number of Topliss-reactive ketones (excluding diaryl/α,β-unsaturated/α-hetero) is 1. The van der Waals surface area contributed by atoms with Crippen molar-refractivity contribution in [2.75, 3.05) is 45.1 Å². The first-order chi connectivity index (χ1) is 21.7. The SMILES string of the molecule is CCC(=O)N[C@H](Cc1ccc(NC(=O)[C@@H](CC(=O)c2n[nH]c3c2CNCC3)C2CCCCC2)c(F)c1)C(=O)N1CCN(C)CC1. The van der Waals surface area contributed by atoms with E-state index in [0.29, 0.717) is 30.9 Å². The number of ketones is 1. The number of halogens is 1. The predicted octanol–water partition coefficient (Wildman–Crippen LogP) is 2.81. The molecule has 3 amide bonds. The maximum Gasteiger partial charge on any atom is 0.245 e. The third-order valence-corrected chi connectivity index (χ3v) is 9.53. The Kier molecular flexibility index (Phi) is 11.0. The number of rotatable bonds is 11.